The predicted molar refractivity (Wildman–Crippen MR) is 99.2 cm³/mol. The number of pyridine rings is 1. The van der Waals surface area contributed by atoms with Crippen LogP contribution in [0.1, 0.15) is 50.4 Å². The summed E-state index contributed by atoms with van der Waals surface area (Å²) in [6, 6.07) is 6.86. The number of aromatic nitrogens is 1. The third kappa shape index (κ3) is 4.77. The molecule has 0 aliphatic carbocycles. The number of aryl methyl sites for hydroxylation is 1. The zero-order chi connectivity index (χ0) is 17.8. The number of nitrogens with one attached hydrogen (secondary N) is 3. The number of carbonyl (C=O) groups is 1. The van der Waals surface area contributed by atoms with E-state index in [2.05, 4.69) is 54.1 Å². The van der Waals surface area contributed by atoms with E-state index in [1.807, 2.05) is 6.07 Å². The Kier molecular flexibility index (Phi) is 6.04. The molecule has 6 nitrogen and oxygen atoms in total. The number of piperidine rings is 1. The topological polar surface area (TPSA) is 69.3 Å². The van der Waals surface area contributed by atoms with Gasteiger partial charge in [0.25, 0.3) is 0 Å². The second-order valence-electron chi connectivity index (χ2n) is 7.61. The summed E-state index contributed by atoms with van der Waals surface area (Å²) in [6.07, 6.45) is 3.61. The molecule has 0 aromatic carbocycles. The molecule has 0 bridgehead atoms. The maximum absolute atomic E-state index is 12.3. The highest BCUT2D eigenvalue weighted by molar-refractivity contribution is 5.76. The first-order valence-corrected chi connectivity index (χ1v) is 9.47. The first kappa shape index (κ1) is 18.3. The van der Waals surface area contributed by atoms with Gasteiger partial charge in [-0.25, -0.2) is 0 Å². The molecule has 2 aliphatic heterocycles. The average molecular weight is 345 g/mol. The van der Waals surface area contributed by atoms with Crippen molar-refractivity contribution in [2.75, 3.05) is 20.1 Å². The summed E-state index contributed by atoms with van der Waals surface area (Å²) in [6.45, 7) is 6.41. The minimum atomic E-state index is 0.0961. The molecule has 0 spiro atoms. The molecule has 1 amide bonds. The van der Waals surface area contributed by atoms with E-state index < -0.39 is 0 Å². The second kappa shape index (κ2) is 8.25. The van der Waals surface area contributed by atoms with Crippen molar-refractivity contribution >= 4 is 5.91 Å². The first-order valence-electron chi connectivity index (χ1n) is 9.47. The summed E-state index contributed by atoms with van der Waals surface area (Å²) in [5.74, 6) is 0.615. The molecular formula is C19H31N5O. The molecule has 0 saturated carbocycles. The van der Waals surface area contributed by atoms with Crippen LogP contribution in [0.25, 0.3) is 0 Å². The number of hydrogen-bond donors (Lipinski definition) is 3. The summed E-state index contributed by atoms with van der Waals surface area (Å²) in [4.78, 5) is 19.5. The Morgan fingerprint density at radius 3 is 2.80 bits per heavy atom. The van der Waals surface area contributed by atoms with Crippen LogP contribution in [0.4, 0.5) is 0 Å². The molecule has 3 N–H and O–H groups in total. The fourth-order valence-corrected chi connectivity index (χ4v) is 3.90. The van der Waals surface area contributed by atoms with E-state index in [4.69, 9.17) is 4.98 Å². The van der Waals surface area contributed by atoms with Crippen molar-refractivity contribution < 1.29 is 4.79 Å². The van der Waals surface area contributed by atoms with Gasteiger partial charge in [-0.1, -0.05) is 6.07 Å². The van der Waals surface area contributed by atoms with Crippen molar-refractivity contribution in [3.8, 4) is 0 Å². The van der Waals surface area contributed by atoms with E-state index in [-0.39, 0.29) is 24.0 Å². The Morgan fingerprint density at radius 1 is 1.32 bits per heavy atom. The number of likely N-dealkylation sites (N-methyl/N-ethyl adjacent to an activating group) is 1. The van der Waals surface area contributed by atoms with Crippen LogP contribution >= 0.6 is 0 Å². The minimum Gasteiger partial charge on any atom is -0.350 e. The number of nitrogens with zero attached hydrogens (tertiary/aromatic N) is 2. The Labute approximate surface area is 150 Å². The van der Waals surface area contributed by atoms with Crippen molar-refractivity contribution in [3.05, 3.63) is 29.6 Å². The quantitative estimate of drug-likeness (QED) is 0.748. The second-order valence-corrected chi connectivity index (χ2v) is 7.61. The molecular weight excluding hydrogens is 314 g/mol. The standard InChI is InChI=1S/C19H31N5O/c1-13-19(14(2)23-22-13)21-18(25)10-9-16-7-4-8-17(20-16)15-6-5-11-24(3)12-15/h4,7-8,13-15,19,22-23H,5-6,9-12H2,1-3H3,(H,21,25). The van der Waals surface area contributed by atoms with E-state index in [9.17, 15) is 4.79 Å². The molecule has 1 aromatic heterocycles. The van der Waals surface area contributed by atoms with Crippen LogP contribution < -0.4 is 16.2 Å². The van der Waals surface area contributed by atoms with Crippen LogP contribution in [0.15, 0.2) is 18.2 Å². The third-order valence-electron chi connectivity index (χ3n) is 5.42. The van der Waals surface area contributed by atoms with Gasteiger partial charge in [-0.3, -0.25) is 20.6 Å². The summed E-state index contributed by atoms with van der Waals surface area (Å²) >= 11 is 0. The van der Waals surface area contributed by atoms with E-state index in [1.54, 1.807) is 0 Å². The van der Waals surface area contributed by atoms with E-state index >= 15 is 0 Å². The maximum Gasteiger partial charge on any atom is 0.220 e. The minimum absolute atomic E-state index is 0.0961. The number of rotatable bonds is 5. The molecule has 2 aliphatic rings. The molecule has 3 unspecified atom stereocenters. The van der Waals surface area contributed by atoms with Crippen molar-refractivity contribution in [1.82, 2.24) is 26.1 Å². The van der Waals surface area contributed by atoms with Gasteiger partial charge in [-0.2, -0.15) is 0 Å². The highest BCUT2D eigenvalue weighted by Crippen LogP contribution is 2.25. The zero-order valence-electron chi connectivity index (χ0n) is 15.6. The van der Waals surface area contributed by atoms with Crippen molar-refractivity contribution in [1.29, 1.82) is 0 Å². The maximum atomic E-state index is 12.3. The predicted octanol–water partition coefficient (Wildman–Crippen LogP) is 1.19. The Hall–Kier alpha value is -1.50. The lowest BCUT2D eigenvalue weighted by Crippen LogP contribution is -2.46. The van der Waals surface area contributed by atoms with Crippen molar-refractivity contribution in [2.45, 2.75) is 63.6 Å². The monoisotopic (exact) mass is 345 g/mol. The number of hydrogen-bond acceptors (Lipinski definition) is 5. The summed E-state index contributed by atoms with van der Waals surface area (Å²) < 4.78 is 0. The van der Waals surface area contributed by atoms with Gasteiger partial charge in [-0.05, 0) is 58.8 Å². The highest BCUT2D eigenvalue weighted by atomic mass is 16.1. The van der Waals surface area contributed by atoms with Crippen LogP contribution in [0.2, 0.25) is 0 Å². The lowest BCUT2D eigenvalue weighted by molar-refractivity contribution is -0.121. The molecule has 2 saturated heterocycles. The van der Waals surface area contributed by atoms with Crippen molar-refractivity contribution in [2.24, 2.45) is 0 Å². The molecule has 3 atom stereocenters. The molecule has 3 rings (SSSR count). The van der Waals surface area contributed by atoms with Crippen LogP contribution in [0.3, 0.4) is 0 Å². The SMILES string of the molecule is CC1NNC(C)C1NC(=O)CCc1cccc(C2CCCN(C)C2)n1. The van der Waals surface area contributed by atoms with E-state index in [1.165, 1.54) is 25.1 Å². The first-order chi connectivity index (χ1) is 12.0. The fraction of sp³-hybridized carbons (Fsp3) is 0.684. The Bertz CT molecular complexity index is 583. The molecule has 1 aromatic rings. The summed E-state index contributed by atoms with van der Waals surface area (Å²) in [5.41, 5.74) is 8.52. The average Bonchev–Trinajstić information content (AvgIpc) is 2.92. The van der Waals surface area contributed by atoms with Gasteiger partial charge in [0.2, 0.25) is 5.91 Å². The Balaban J connectivity index is 1.53. The molecule has 6 heteroatoms. The smallest absolute Gasteiger partial charge is 0.220 e. The van der Waals surface area contributed by atoms with Gasteiger partial charge in [0.05, 0.1) is 6.04 Å². The fourth-order valence-electron chi connectivity index (χ4n) is 3.90. The third-order valence-corrected chi connectivity index (χ3v) is 5.42. The molecule has 2 fully saturated rings. The number of carbonyl (C=O) groups excluding carboxylic acids is 1. The van der Waals surface area contributed by atoms with E-state index in [0.29, 0.717) is 18.8 Å². The molecule has 3 heterocycles. The van der Waals surface area contributed by atoms with Crippen LogP contribution in [0.5, 0.6) is 0 Å². The van der Waals surface area contributed by atoms with Gasteiger partial charge in [0.1, 0.15) is 0 Å². The van der Waals surface area contributed by atoms with Gasteiger partial charge in [-0.15, -0.1) is 0 Å². The number of amides is 1. The molecule has 138 valence electrons. The van der Waals surface area contributed by atoms with Gasteiger partial charge in [0.15, 0.2) is 0 Å². The van der Waals surface area contributed by atoms with Crippen LogP contribution in [-0.4, -0.2) is 54.1 Å². The number of hydrazine groups is 1. The zero-order valence-corrected chi connectivity index (χ0v) is 15.6. The van der Waals surface area contributed by atoms with Gasteiger partial charge >= 0.3 is 0 Å². The largest absolute Gasteiger partial charge is 0.350 e. The lowest BCUT2D eigenvalue weighted by Gasteiger charge is -2.29. The van der Waals surface area contributed by atoms with Gasteiger partial charge in [0, 0.05) is 42.4 Å². The summed E-state index contributed by atoms with van der Waals surface area (Å²) in [7, 11) is 2.18. The lowest BCUT2D eigenvalue weighted by atomic mass is 9.94. The van der Waals surface area contributed by atoms with Crippen molar-refractivity contribution in [3.63, 3.8) is 0 Å². The van der Waals surface area contributed by atoms with E-state index in [0.717, 1.165) is 12.2 Å². The highest BCUT2D eigenvalue weighted by Gasteiger charge is 2.30. The van der Waals surface area contributed by atoms with Crippen LogP contribution in [-0.2, 0) is 11.2 Å². The molecule has 0 radical (unpaired) electrons. The van der Waals surface area contributed by atoms with Gasteiger partial charge < -0.3 is 10.2 Å². The van der Waals surface area contributed by atoms with Crippen LogP contribution in [0, 0.1) is 0 Å². The molecule has 25 heavy (non-hydrogen) atoms. The Morgan fingerprint density at radius 2 is 2.08 bits per heavy atom. The summed E-state index contributed by atoms with van der Waals surface area (Å²) in [5, 5.41) is 3.13. The number of likely N-dealkylation sites (tertiary alicyclic amines) is 1. The normalized spacial score (nSPS) is 30.4.